The second-order valence-corrected chi connectivity index (χ2v) is 6.24. The largest absolute Gasteiger partial charge is 0.493 e. The van der Waals surface area contributed by atoms with Crippen LogP contribution < -0.4 is 15.4 Å². The van der Waals surface area contributed by atoms with Gasteiger partial charge < -0.3 is 15.4 Å². The zero-order valence-electron chi connectivity index (χ0n) is 13.2. The van der Waals surface area contributed by atoms with Gasteiger partial charge in [-0.3, -0.25) is 4.79 Å². The number of hydrogen-bond donors (Lipinski definition) is 2. The second-order valence-electron chi connectivity index (χ2n) is 6.24. The van der Waals surface area contributed by atoms with Gasteiger partial charge in [-0.15, -0.1) is 0 Å². The first-order valence-electron chi connectivity index (χ1n) is 7.78. The van der Waals surface area contributed by atoms with Crippen molar-refractivity contribution in [3.05, 3.63) is 29.8 Å². The van der Waals surface area contributed by atoms with Crippen LogP contribution in [0.1, 0.15) is 44.0 Å². The summed E-state index contributed by atoms with van der Waals surface area (Å²) in [7, 11) is 0. The van der Waals surface area contributed by atoms with Crippen LogP contribution in [0.4, 0.5) is 0 Å². The van der Waals surface area contributed by atoms with Crippen molar-refractivity contribution < 1.29 is 9.53 Å². The molecule has 1 aliphatic heterocycles. The quantitative estimate of drug-likeness (QED) is 0.876. The van der Waals surface area contributed by atoms with E-state index in [9.17, 15) is 4.79 Å². The fourth-order valence-corrected chi connectivity index (χ4v) is 2.84. The fraction of sp³-hybridized carbons (Fsp3) is 0.588. The van der Waals surface area contributed by atoms with Gasteiger partial charge in [0.15, 0.2) is 0 Å². The Hall–Kier alpha value is -1.55. The van der Waals surface area contributed by atoms with E-state index in [4.69, 9.17) is 4.74 Å². The van der Waals surface area contributed by atoms with Crippen LogP contribution >= 0.6 is 0 Å². The molecule has 0 bridgehead atoms. The van der Waals surface area contributed by atoms with Crippen molar-refractivity contribution in [2.24, 2.45) is 5.41 Å². The predicted octanol–water partition coefficient (Wildman–Crippen LogP) is 2.59. The third-order valence-electron chi connectivity index (χ3n) is 4.23. The molecular formula is C17H26N2O2. The number of amides is 1. The number of piperidine rings is 1. The van der Waals surface area contributed by atoms with Crippen LogP contribution in [0, 0.1) is 5.41 Å². The molecule has 1 fully saturated rings. The highest BCUT2D eigenvalue weighted by Gasteiger charge is 2.32. The molecule has 2 N–H and O–H groups in total. The Labute approximate surface area is 127 Å². The molecule has 2 rings (SSSR count). The van der Waals surface area contributed by atoms with Gasteiger partial charge in [0.05, 0.1) is 12.2 Å². The molecule has 0 radical (unpaired) electrons. The van der Waals surface area contributed by atoms with E-state index in [1.54, 1.807) is 6.07 Å². The molecular weight excluding hydrogens is 264 g/mol. The summed E-state index contributed by atoms with van der Waals surface area (Å²) in [5.74, 6) is 0.579. The maximum absolute atomic E-state index is 12.4. The molecule has 0 saturated carbocycles. The molecule has 1 aromatic carbocycles. The number of rotatable bonds is 5. The standard InChI is InChI=1S/C17H26N2O2/c1-4-21-14-9-6-5-8-13(14)16(20)19-12-15-17(2,3)10-7-11-18-15/h5-6,8-9,15,18H,4,7,10-12H2,1-3H3,(H,19,20). The van der Waals surface area contributed by atoms with Crippen LogP contribution in [0.25, 0.3) is 0 Å². The Morgan fingerprint density at radius 2 is 2.19 bits per heavy atom. The minimum absolute atomic E-state index is 0.0674. The van der Waals surface area contributed by atoms with Crippen LogP contribution in [-0.4, -0.2) is 31.6 Å². The summed E-state index contributed by atoms with van der Waals surface area (Å²) in [5, 5.41) is 6.55. The minimum Gasteiger partial charge on any atom is -0.493 e. The summed E-state index contributed by atoms with van der Waals surface area (Å²) in [6.07, 6.45) is 2.39. The van der Waals surface area contributed by atoms with Gasteiger partial charge >= 0.3 is 0 Å². The molecule has 4 heteroatoms. The zero-order valence-corrected chi connectivity index (χ0v) is 13.2. The van der Waals surface area contributed by atoms with Crippen LogP contribution in [-0.2, 0) is 0 Å². The monoisotopic (exact) mass is 290 g/mol. The van der Waals surface area contributed by atoms with E-state index in [0.717, 1.165) is 6.54 Å². The Balaban J connectivity index is 1.98. The summed E-state index contributed by atoms with van der Waals surface area (Å²) in [5.41, 5.74) is 0.818. The van der Waals surface area contributed by atoms with E-state index >= 15 is 0 Å². The lowest BCUT2D eigenvalue weighted by Crippen LogP contribution is -2.52. The zero-order chi connectivity index (χ0) is 15.3. The second kappa shape index (κ2) is 6.94. The first-order valence-corrected chi connectivity index (χ1v) is 7.78. The van der Waals surface area contributed by atoms with E-state index < -0.39 is 0 Å². The smallest absolute Gasteiger partial charge is 0.255 e. The Kier molecular flexibility index (Phi) is 5.23. The number of para-hydroxylation sites is 1. The van der Waals surface area contributed by atoms with Crippen molar-refractivity contribution >= 4 is 5.91 Å². The van der Waals surface area contributed by atoms with Gasteiger partial charge in [0.2, 0.25) is 0 Å². The third-order valence-corrected chi connectivity index (χ3v) is 4.23. The van der Waals surface area contributed by atoms with Gasteiger partial charge in [-0.05, 0) is 43.9 Å². The maximum atomic E-state index is 12.4. The number of hydrogen-bond acceptors (Lipinski definition) is 3. The van der Waals surface area contributed by atoms with Gasteiger partial charge in [-0.2, -0.15) is 0 Å². The van der Waals surface area contributed by atoms with Crippen LogP contribution in [0.2, 0.25) is 0 Å². The number of carbonyl (C=O) groups is 1. The molecule has 0 aromatic heterocycles. The van der Waals surface area contributed by atoms with Gasteiger partial charge in [-0.25, -0.2) is 0 Å². The lowest BCUT2D eigenvalue weighted by Gasteiger charge is -2.39. The fourth-order valence-electron chi connectivity index (χ4n) is 2.84. The Morgan fingerprint density at radius 3 is 2.90 bits per heavy atom. The minimum atomic E-state index is -0.0674. The van der Waals surface area contributed by atoms with Crippen LogP contribution in [0.3, 0.4) is 0 Å². The van der Waals surface area contributed by atoms with Crippen molar-refractivity contribution in [1.82, 2.24) is 10.6 Å². The Bertz CT molecular complexity index is 485. The summed E-state index contributed by atoms with van der Waals surface area (Å²) in [6, 6.07) is 7.70. The maximum Gasteiger partial charge on any atom is 0.255 e. The highest BCUT2D eigenvalue weighted by atomic mass is 16.5. The van der Waals surface area contributed by atoms with Gasteiger partial charge in [0, 0.05) is 12.6 Å². The first kappa shape index (κ1) is 15.8. The molecule has 1 atom stereocenters. The topological polar surface area (TPSA) is 50.4 Å². The van der Waals surface area contributed by atoms with E-state index in [2.05, 4.69) is 24.5 Å². The molecule has 0 spiro atoms. The van der Waals surface area contributed by atoms with E-state index in [1.165, 1.54) is 12.8 Å². The van der Waals surface area contributed by atoms with Gasteiger partial charge in [0.25, 0.3) is 5.91 Å². The van der Waals surface area contributed by atoms with Crippen molar-refractivity contribution in [1.29, 1.82) is 0 Å². The van der Waals surface area contributed by atoms with E-state index in [0.29, 0.717) is 30.5 Å². The lowest BCUT2D eigenvalue weighted by molar-refractivity contribution is 0.0925. The normalized spacial score (nSPS) is 20.8. The first-order chi connectivity index (χ1) is 10.0. The lowest BCUT2D eigenvalue weighted by atomic mass is 9.77. The number of nitrogens with one attached hydrogen (secondary N) is 2. The van der Waals surface area contributed by atoms with Crippen molar-refractivity contribution in [2.75, 3.05) is 19.7 Å². The number of carbonyl (C=O) groups excluding carboxylic acids is 1. The molecule has 1 aromatic rings. The summed E-state index contributed by atoms with van der Waals surface area (Å²) < 4.78 is 5.51. The van der Waals surface area contributed by atoms with Gasteiger partial charge in [0.1, 0.15) is 5.75 Å². The molecule has 1 heterocycles. The van der Waals surface area contributed by atoms with Crippen molar-refractivity contribution in [3.8, 4) is 5.75 Å². The van der Waals surface area contributed by atoms with E-state index in [-0.39, 0.29) is 11.3 Å². The predicted molar refractivity (Wildman–Crippen MR) is 84.7 cm³/mol. The van der Waals surface area contributed by atoms with Crippen molar-refractivity contribution in [2.45, 2.75) is 39.7 Å². The molecule has 1 aliphatic rings. The molecule has 116 valence electrons. The average molecular weight is 290 g/mol. The Morgan fingerprint density at radius 1 is 1.43 bits per heavy atom. The summed E-state index contributed by atoms with van der Waals surface area (Å²) >= 11 is 0. The third kappa shape index (κ3) is 3.97. The molecule has 21 heavy (non-hydrogen) atoms. The number of ether oxygens (including phenoxy) is 1. The average Bonchev–Trinajstić information content (AvgIpc) is 2.46. The van der Waals surface area contributed by atoms with Gasteiger partial charge in [-0.1, -0.05) is 26.0 Å². The molecule has 1 saturated heterocycles. The summed E-state index contributed by atoms with van der Waals surface area (Å²) in [4.78, 5) is 12.4. The molecule has 1 unspecified atom stereocenters. The molecule has 1 amide bonds. The highest BCUT2D eigenvalue weighted by Crippen LogP contribution is 2.29. The summed E-state index contributed by atoms with van der Waals surface area (Å²) in [6.45, 7) is 8.66. The van der Waals surface area contributed by atoms with Crippen LogP contribution in [0.15, 0.2) is 24.3 Å². The highest BCUT2D eigenvalue weighted by molar-refractivity contribution is 5.96. The SMILES string of the molecule is CCOc1ccccc1C(=O)NCC1NCCCC1(C)C. The van der Waals surface area contributed by atoms with E-state index in [1.807, 2.05) is 25.1 Å². The van der Waals surface area contributed by atoms with Crippen molar-refractivity contribution in [3.63, 3.8) is 0 Å². The molecule has 4 nitrogen and oxygen atoms in total. The van der Waals surface area contributed by atoms with Crippen LogP contribution in [0.5, 0.6) is 5.75 Å². The molecule has 0 aliphatic carbocycles. The number of benzene rings is 1.